The van der Waals surface area contributed by atoms with E-state index in [1.807, 2.05) is 6.07 Å². The maximum absolute atomic E-state index is 12.1. The predicted molar refractivity (Wildman–Crippen MR) is 82.5 cm³/mol. The Balaban J connectivity index is 1.64. The van der Waals surface area contributed by atoms with Crippen LogP contribution in [-0.4, -0.2) is 11.7 Å². The number of hydrogen-bond donors (Lipinski definition) is 2. The first-order valence-corrected chi connectivity index (χ1v) is 7.70. The van der Waals surface area contributed by atoms with Gasteiger partial charge in [0.25, 0.3) is 5.91 Å². The van der Waals surface area contributed by atoms with Crippen molar-refractivity contribution in [2.45, 2.75) is 26.6 Å². The molecule has 0 fully saturated rings. The number of ketones is 1. The number of benzene rings is 1. The molecule has 1 aromatic heterocycles. The average Bonchev–Trinajstić information content (AvgIpc) is 3.12. The number of nitrogens with one attached hydrogen (secondary N) is 2. The van der Waals surface area contributed by atoms with Gasteiger partial charge in [0.2, 0.25) is 0 Å². The Morgan fingerprint density at radius 3 is 2.81 bits per heavy atom. The Labute approximate surface area is 127 Å². The van der Waals surface area contributed by atoms with Gasteiger partial charge in [-0.1, -0.05) is 18.2 Å². The summed E-state index contributed by atoms with van der Waals surface area (Å²) >= 11 is 1.30. The highest BCUT2D eigenvalue weighted by Crippen LogP contribution is 2.18. The second-order valence-corrected chi connectivity index (χ2v) is 6.06. The van der Waals surface area contributed by atoms with Gasteiger partial charge in [-0.3, -0.25) is 9.59 Å². The van der Waals surface area contributed by atoms with Crippen LogP contribution in [0, 0.1) is 0 Å². The summed E-state index contributed by atoms with van der Waals surface area (Å²) in [6.45, 7) is 3.82. The molecule has 2 heterocycles. The number of carbonyl (C=O) groups excluding carboxylic acids is 2. The molecule has 3 rings (SSSR count). The maximum Gasteiger partial charge on any atom is 0.261 e. The van der Waals surface area contributed by atoms with Crippen molar-refractivity contribution >= 4 is 23.0 Å². The van der Waals surface area contributed by atoms with E-state index in [1.165, 1.54) is 29.4 Å². The molecule has 0 bridgehead atoms. The van der Waals surface area contributed by atoms with E-state index < -0.39 is 0 Å². The quantitative estimate of drug-likeness (QED) is 0.853. The number of amides is 1. The van der Waals surface area contributed by atoms with Gasteiger partial charge in [-0.15, -0.1) is 11.3 Å². The average molecular weight is 300 g/mol. The first kappa shape index (κ1) is 14.0. The zero-order chi connectivity index (χ0) is 14.8. The maximum atomic E-state index is 12.1. The second kappa shape index (κ2) is 5.79. The molecule has 0 spiro atoms. The van der Waals surface area contributed by atoms with Crippen LogP contribution in [0.25, 0.3) is 0 Å². The second-order valence-electron chi connectivity index (χ2n) is 5.15. The fraction of sp³-hybridized carbons (Fsp3) is 0.250. The Hall–Kier alpha value is -1.98. The number of rotatable bonds is 4. The van der Waals surface area contributed by atoms with Crippen LogP contribution >= 0.6 is 11.3 Å². The van der Waals surface area contributed by atoms with E-state index in [0.29, 0.717) is 17.0 Å². The third-order valence-electron chi connectivity index (χ3n) is 3.58. The smallest absolute Gasteiger partial charge is 0.261 e. The predicted octanol–water partition coefficient (Wildman–Crippen LogP) is 2.48. The Bertz CT molecular complexity index is 706. The number of hydrogen-bond acceptors (Lipinski definition) is 4. The number of carbonyl (C=O) groups is 2. The monoisotopic (exact) mass is 300 g/mol. The molecule has 0 unspecified atom stereocenters. The molecule has 0 radical (unpaired) electrons. The van der Waals surface area contributed by atoms with Crippen LogP contribution < -0.4 is 10.6 Å². The van der Waals surface area contributed by atoms with E-state index >= 15 is 0 Å². The standard InChI is InChI=1S/C16H16N2O2S/c1-10(19)14-5-15(21-9-14)16(20)18-6-11-2-3-12-7-17-8-13(12)4-11/h2-5,9,17H,6-8H2,1H3,(H,18,20). The van der Waals surface area contributed by atoms with Gasteiger partial charge >= 0.3 is 0 Å². The fourth-order valence-electron chi connectivity index (χ4n) is 2.37. The minimum atomic E-state index is -0.133. The Morgan fingerprint density at radius 1 is 1.24 bits per heavy atom. The summed E-state index contributed by atoms with van der Waals surface area (Å²) in [7, 11) is 0. The zero-order valence-corrected chi connectivity index (χ0v) is 12.5. The van der Waals surface area contributed by atoms with Crippen molar-refractivity contribution in [1.82, 2.24) is 10.6 Å². The molecule has 4 nitrogen and oxygen atoms in total. The lowest BCUT2D eigenvalue weighted by Crippen LogP contribution is -2.21. The highest BCUT2D eigenvalue weighted by molar-refractivity contribution is 7.12. The molecule has 21 heavy (non-hydrogen) atoms. The lowest BCUT2D eigenvalue weighted by atomic mass is 10.1. The molecule has 0 saturated heterocycles. The van der Waals surface area contributed by atoms with Gasteiger partial charge < -0.3 is 10.6 Å². The van der Waals surface area contributed by atoms with Crippen LogP contribution in [0.15, 0.2) is 29.6 Å². The minimum Gasteiger partial charge on any atom is -0.347 e. The normalized spacial score (nSPS) is 13.0. The topological polar surface area (TPSA) is 58.2 Å². The molecule has 2 N–H and O–H groups in total. The summed E-state index contributed by atoms with van der Waals surface area (Å²) in [6, 6.07) is 7.93. The molecule has 0 atom stereocenters. The van der Waals surface area contributed by atoms with Crippen molar-refractivity contribution in [3.05, 3.63) is 56.8 Å². The van der Waals surface area contributed by atoms with Gasteiger partial charge in [0.1, 0.15) is 0 Å². The van der Waals surface area contributed by atoms with Gasteiger partial charge in [0.05, 0.1) is 4.88 Å². The fourth-order valence-corrected chi connectivity index (χ4v) is 3.23. The summed E-state index contributed by atoms with van der Waals surface area (Å²) in [6.07, 6.45) is 0. The first-order valence-electron chi connectivity index (χ1n) is 6.82. The van der Waals surface area contributed by atoms with Gasteiger partial charge in [0.15, 0.2) is 5.78 Å². The van der Waals surface area contributed by atoms with E-state index in [0.717, 1.165) is 18.7 Å². The van der Waals surface area contributed by atoms with Gasteiger partial charge in [-0.05, 0) is 29.7 Å². The molecule has 2 aromatic rings. The van der Waals surface area contributed by atoms with E-state index in [2.05, 4.69) is 22.8 Å². The minimum absolute atomic E-state index is 0.0172. The number of Topliss-reactive ketones (excluding diaryl/α,β-unsaturated/α-hetero) is 1. The van der Waals surface area contributed by atoms with Crippen molar-refractivity contribution < 1.29 is 9.59 Å². The van der Waals surface area contributed by atoms with Gasteiger partial charge in [0, 0.05) is 30.6 Å². The summed E-state index contributed by atoms with van der Waals surface area (Å²) < 4.78 is 0. The summed E-state index contributed by atoms with van der Waals surface area (Å²) in [5, 5.41) is 7.92. The van der Waals surface area contributed by atoms with Crippen LogP contribution in [0.1, 0.15) is 43.6 Å². The van der Waals surface area contributed by atoms with E-state index in [-0.39, 0.29) is 11.7 Å². The Kier molecular flexibility index (Phi) is 3.86. The zero-order valence-electron chi connectivity index (χ0n) is 11.7. The van der Waals surface area contributed by atoms with Gasteiger partial charge in [-0.25, -0.2) is 0 Å². The highest BCUT2D eigenvalue weighted by Gasteiger charge is 2.13. The van der Waals surface area contributed by atoms with Crippen LogP contribution in [0.5, 0.6) is 0 Å². The van der Waals surface area contributed by atoms with Crippen molar-refractivity contribution in [1.29, 1.82) is 0 Å². The molecular weight excluding hydrogens is 284 g/mol. The van der Waals surface area contributed by atoms with E-state index in [1.54, 1.807) is 11.4 Å². The molecule has 5 heteroatoms. The van der Waals surface area contributed by atoms with Crippen LogP contribution in [0.4, 0.5) is 0 Å². The van der Waals surface area contributed by atoms with E-state index in [4.69, 9.17) is 0 Å². The van der Waals surface area contributed by atoms with Crippen molar-refractivity contribution in [2.75, 3.05) is 0 Å². The SMILES string of the molecule is CC(=O)c1csc(C(=O)NCc2ccc3c(c2)CNC3)c1. The number of thiophene rings is 1. The summed E-state index contributed by atoms with van der Waals surface area (Å²) in [4.78, 5) is 23.9. The summed E-state index contributed by atoms with van der Waals surface area (Å²) in [5.41, 5.74) is 4.31. The van der Waals surface area contributed by atoms with Crippen molar-refractivity contribution in [3.63, 3.8) is 0 Å². The van der Waals surface area contributed by atoms with E-state index in [9.17, 15) is 9.59 Å². The third-order valence-corrected chi connectivity index (χ3v) is 4.51. The van der Waals surface area contributed by atoms with Crippen LogP contribution in [0.2, 0.25) is 0 Å². The molecule has 1 amide bonds. The molecular formula is C16H16N2O2S. The first-order chi connectivity index (χ1) is 10.1. The molecule has 1 aliphatic rings. The molecule has 0 aliphatic carbocycles. The molecule has 108 valence electrons. The lowest BCUT2D eigenvalue weighted by molar-refractivity contribution is 0.0955. The third kappa shape index (κ3) is 3.04. The molecule has 1 aliphatic heterocycles. The van der Waals surface area contributed by atoms with Crippen LogP contribution in [-0.2, 0) is 19.6 Å². The van der Waals surface area contributed by atoms with Crippen molar-refractivity contribution in [2.24, 2.45) is 0 Å². The lowest BCUT2D eigenvalue weighted by Gasteiger charge is -2.06. The Morgan fingerprint density at radius 2 is 2.05 bits per heavy atom. The molecule has 0 saturated carbocycles. The largest absolute Gasteiger partial charge is 0.347 e. The van der Waals surface area contributed by atoms with Crippen molar-refractivity contribution in [3.8, 4) is 0 Å². The van der Waals surface area contributed by atoms with Gasteiger partial charge in [-0.2, -0.15) is 0 Å². The number of fused-ring (bicyclic) bond motifs is 1. The summed E-state index contributed by atoms with van der Waals surface area (Å²) in [5.74, 6) is -0.150. The highest BCUT2D eigenvalue weighted by atomic mass is 32.1. The molecule has 1 aromatic carbocycles. The van der Waals surface area contributed by atoms with Crippen LogP contribution in [0.3, 0.4) is 0 Å².